The molecule has 3 heterocycles. The lowest BCUT2D eigenvalue weighted by Gasteiger charge is -2.28. The smallest absolute Gasteiger partial charge is 0.125 e. The van der Waals surface area contributed by atoms with Crippen LogP contribution in [-0.2, 0) is 0 Å². The molecule has 0 fully saturated rings. The Morgan fingerprint density at radius 1 is 1.33 bits per heavy atom. The molecule has 4 nitrogen and oxygen atoms in total. The van der Waals surface area contributed by atoms with Crippen molar-refractivity contribution >= 4 is 5.82 Å². The fourth-order valence-corrected chi connectivity index (χ4v) is 2.53. The van der Waals surface area contributed by atoms with Gasteiger partial charge < -0.3 is 5.32 Å². The summed E-state index contributed by atoms with van der Waals surface area (Å²) in [6.07, 6.45) is 4.75. The molecule has 1 aliphatic heterocycles. The van der Waals surface area contributed by atoms with Crippen LogP contribution < -0.4 is 5.32 Å². The van der Waals surface area contributed by atoms with Crippen LogP contribution in [0.4, 0.5) is 5.82 Å². The van der Waals surface area contributed by atoms with E-state index in [0.717, 1.165) is 30.0 Å². The fraction of sp³-hybridized carbons (Fsp3) is 0.429. The Morgan fingerprint density at radius 2 is 2.11 bits per heavy atom. The number of anilines is 1. The van der Waals surface area contributed by atoms with Crippen molar-refractivity contribution in [1.82, 2.24) is 14.8 Å². The van der Waals surface area contributed by atoms with Gasteiger partial charge in [-0.25, -0.2) is 4.68 Å². The molecule has 1 atom stereocenters. The van der Waals surface area contributed by atoms with Crippen LogP contribution in [0.5, 0.6) is 0 Å². The topological polar surface area (TPSA) is 42.7 Å². The van der Waals surface area contributed by atoms with E-state index in [0.29, 0.717) is 12.0 Å². The van der Waals surface area contributed by atoms with E-state index in [4.69, 9.17) is 5.10 Å². The molecular formula is C14H18N4. The zero-order chi connectivity index (χ0) is 12.5. The van der Waals surface area contributed by atoms with Crippen molar-refractivity contribution in [2.24, 2.45) is 5.92 Å². The van der Waals surface area contributed by atoms with E-state index in [1.807, 2.05) is 12.1 Å². The molecule has 0 saturated heterocycles. The van der Waals surface area contributed by atoms with Gasteiger partial charge in [-0.05, 0) is 24.5 Å². The first-order chi connectivity index (χ1) is 8.75. The highest BCUT2D eigenvalue weighted by molar-refractivity contribution is 5.62. The maximum absolute atomic E-state index is 4.75. The zero-order valence-electron chi connectivity index (χ0n) is 10.8. The molecule has 1 unspecified atom stereocenters. The Hall–Kier alpha value is -1.84. The number of aromatic nitrogens is 3. The summed E-state index contributed by atoms with van der Waals surface area (Å²) in [6, 6.07) is 6.62. The van der Waals surface area contributed by atoms with Gasteiger partial charge in [-0.15, -0.1) is 0 Å². The lowest BCUT2D eigenvalue weighted by Crippen LogP contribution is -2.26. The third-order valence-electron chi connectivity index (χ3n) is 3.54. The average molecular weight is 242 g/mol. The van der Waals surface area contributed by atoms with Crippen molar-refractivity contribution in [3.05, 3.63) is 30.6 Å². The molecule has 3 rings (SSSR count). The fourth-order valence-electron chi connectivity index (χ4n) is 2.53. The molecule has 2 aromatic rings. The molecule has 0 saturated carbocycles. The maximum atomic E-state index is 4.75. The van der Waals surface area contributed by atoms with Gasteiger partial charge in [-0.2, -0.15) is 5.10 Å². The van der Waals surface area contributed by atoms with Crippen LogP contribution in [0.2, 0.25) is 0 Å². The quantitative estimate of drug-likeness (QED) is 0.880. The number of nitrogens with zero attached hydrogens (tertiary/aromatic N) is 3. The summed E-state index contributed by atoms with van der Waals surface area (Å²) in [7, 11) is 0. The second-order valence-corrected chi connectivity index (χ2v) is 5.12. The van der Waals surface area contributed by atoms with Gasteiger partial charge in [0, 0.05) is 30.6 Å². The van der Waals surface area contributed by atoms with Crippen LogP contribution in [0.1, 0.15) is 26.3 Å². The molecule has 0 aliphatic carbocycles. The van der Waals surface area contributed by atoms with Crippen molar-refractivity contribution < 1.29 is 0 Å². The Labute approximate surface area is 107 Å². The van der Waals surface area contributed by atoms with Gasteiger partial charge in [0.25, 0.3) is 0 Å². The summed E-state index contributed by atoms with van der Waals surface area (Å²) >= 11 is 0. The predicted molar refractivity (Wildman–Crippen MR) is 72.4 cm³/mol. The number of hydrogen-bond acceptors (Lipinski definition) is 3. The third kappa shape index (κ3) is 1.88. The van der Waals surface area contributed by atoms with E-state index >= 15 is 0 Å². The average Bonchev–Trinajstić information content (AvgIpc) is 2.83. The number of pyridine rings is 1. The van der Waals surface area contributed by atoms with Crippen LogP contribution in [0.25, 0.3) is 11.3 Å². The minimum atomic E-state index is 0.497. The molecule has 0 aromatic carbocycles. The Kier molecular flexibility index (Phi) is 2.78. The van der Waals surface area contributed by atoms with Crippen LogP contribution in [0.3, 0.4) is 0 Å². The number of nitrogens with one attached hydrogen (secondary N) is 1. The van der Waals surface area contributed by atoms with E-state index in [2.05, 4.69) is 34.9 Å². The molecule has 18 heavy (non-hydrogen) atoms. The summed E-state index contributed by atoms with van der Waals surface area (Å²) in [5, 5.41) is 8.17. The monoisotopic (exact) mass is 242 g/mol. The largest absolute Gasteiger partial charge is 0.370 e. The number of fused-ring (bicyclic) bond motifs is 1. The first kappa shape index (κ1) is 11.3. The van der Waals surface area contributed by atoms with Crippen LogP contribution in [-0.4, -0.2) is 21.3 Å². The van der Waals surface area contributed by atoms with Gasteiger partial charge in [-0.1, -0.05) is 13.8 Å². The second kappa shape index (κ2) is 4.44. The van der Waals surface area contributed by atoms with Crippen molar-refractivity contribution in [2.45, 2.75) is 26.3 Å². The van der Waals surface area contributed by atoms with Gasteiger partial charge in [0.15, 0.2) is 0 Å². The van der Waals surface area contributed by atoms with Crippen molar-refractivity contribution in [3.63, 3.8) is 0 Å². The number of rotatable bonds is 2. The normalized spacial score (nSPS) is 18.5. The summed E-state index contributed by atoms with van der Waals surface area (Å²) in [4.78, 5) is 4.05. The molecular weight excluding hydrogens is 224 g/mol. The second-order valence-electron chi connectivity index (χ2n) is 5.12. The van der Waals surface area contributed by atoms with Crippen LogP contribution in [0.15, 0.2) is 30.6 Å². The zero-order valence-corrected chi connectivity index (χ0v) is 10.8. The highest BCUT2D eigenvalue weighted by Gasteiger charge is 2.24. The Morgan fingerprint density at radius 3 is 2.83 bits per heavy atom. The lowest BCUT2D eigenvalue weighted by atomic mass is 10.00. The number of hydrogen-bond donors (Lipinski definition) is 1. The molecule has 4 heteroatoms. The molecule has 0 bridgehead atoms. The molecule has 2 aromatic heterocycles. The van der Waals surface area contributed by atoms with E-state index in [1.54, 1.807) is 12.4 Å². The SMILES string of the molecule is CC(C)C1CCNc2cc(-c3ccncc3)nn21. The van der Waals surface area contributed by atoms with Crippen molar-refractivity contribution in [2.75, 3.05) is 11.9 Å². The first-order valence-electron chi connectivity index (χ1n) is 6.49. The molecule has 1 N–H and O–H groups in total. The third-order valence-corrected chi connectivity index (χ3v) is 3.54. The van der Waals surface area contributed by atoms with E-state index in [9.17, 15) is 0 Å². The molecule has 0 amide bonds. The van der Waals surface area contributed by atoms with Gasteiger partial charge in [0.05, 0.1) is 11.7 Å². The highest BCUT2D eigenvalue weighted by atomic mass is 15.4. The van der Waals surface area contributed by atoms with E-state index in [-0.39, 0.29) is 0 Å². The first-order valence-corrected chi connectivity index (χ1v) is 6.49. The molecule has 94 valence electrons. The van der Waals surface area contributed by atoms with Crippen LogP contribution in [0, 0.1) is 5.92 Å². The lowest BCUT2D eigenvalue weighted by molar-refractivity contribution is 0.323. The standard InChI is InChI=1S/C14H18N4/c1-10(2)13-5-8-16-14-9-12(17-18(13)14)11-3-6-15-7-4-11/h3-4,6-7,9-10,13,16H,5,8H2,1-2H3. The van der Waals surface area contributed by atoms with E-state index < -0.39 is 0 Å². The highest BCUT2D eigenvalue weighted by Crippen LogP contribution is 2.32. The Bertz CT molecular complexity index is 530. The molecule has 1 aliphatic rings. The van der Waals surface area contributed by atoms with Gasteiger partial charge in [-0.3, -0.25) is 4.98 Å². The molecule has 0 radical (unpaired) electrons. The minimum absolute atomic E-state index is 0.497. The van der Waals surface area contributed by atoms with Crippen molar-refractivity contribution in [1.29, 1.82) is 0 Å². The van der Waals surface area contributed by atoms with E-state index in [1.165, 1.54) is 0 Å². The Balaban J connectivity index is 2.01. The minimum Gasteiger partial charge on any atom is -0.370 e. The summed E-state index contributed by atoms with van der Waals surface area (Å²) < 4.78 is 2.14. The summed E-state index contributed by atoms with van der Waals surface area (Å²) in [5.41, 5.74) is 2.14. The summed E-state index contributed by atoms with van der Waals surface area (Å²) in [5.74, 6) is 1.74. The maximum Gasteiger partial charge on any atom is 0.125 e. The van der Waals surface area contributed by atoms with Gasteiger partial charge >= 0.3 is 0 Å². The summed E-state index contributed by atoms with van der Waals surface area (Å²) in [6.45, 7) is 5.55. The van der Waals surface area contributed by atoms with Gasteiger partial charge in [0.2, 0.25) is 0 Å². The van der Waals surface area contributed by atoms with Gasteiger partial charge in [0.1, 0.15) is 5.82 Å². The molecule has 0 spiro atoms. The van der Waals surface area contributed by atoms with Crippen LogP contribution >= 0.6 is 0 Å². The van der Waals surface area contributed by atoms with Crippen molar-refractivity contribution in [3.8, 4) is 11.3 Å². The predicted octanol–water partition coefficient (Wildman–Crippen LogP) is 2.96.